The van der Waals surface area contributed by atoms with Gasteiger partial charge in [-0.05, 0) is 18.6 Å². The zero-order valence-corrected chi connectivity index (χ0v) is 16.7. The van der Waals surface area contributed by atoms with Crippen LogP contribution in [-0.2, 0) is 14.4 Å². The minimum atomic E-state index is -0.917. The lowest BCUT2D eigenvalue weighted by Gasteiger charge is -2.22. The number of benzene rings is 1. The van der Waals surface area contributed by atoms with Crippen LogP contribution in [0.4, 0.5) is 5.82 Å². The minimum Gasteiger partial charge on any atom is -0.346 e. The number of nitrogens with zero attached hydrogens (tertiary/aromatic N) is 3. The summed E-state index contributed by atoms with van der Waals surface area (Å²) in [5.74, 6) is -0.871. The van der Waals surface area contributed by atoms with E-state index >= 15 is 0 Å². The number of rotatable bonds is 11. The van der Waals surface area contributed by atoms with Gasteiger partial charge in [-0.1, -0.05) is 18.2 Å². The van der Waals surface area contributed by atoms with Crippen LogP contribution >= 0.6 is 0 Å². The molecule has 8 N–H and O–H groups in total. The van der Waals surface area contributed by atoms with Gasteiger partial charge in [0, 0.05) is 38.0 Å². The van der Waals surface area contributed by atoms with Crippen LogP contribution in [0, 0.1) is 0 Å². The summed E-state index contributed by atoms with van der Waals surface area (Å²) in [6.07, 6.45) is 0.238. The number of amides is 3. The number of carbonyl (C=O) groups excluding carboxylic acids is 3. The van der Waals surface area contributed by atoms with E-state index in [1.807, 2.05) is 24.3 Å². The smallest absolute Gasteiger partial charge is 0.244 e. The van der Waals surface area contributed by atoms with Crippen molar-refractivity contribution in [1.82, 2.24) is 20.4 Å². The number of hydrogen-bond donors (Lipinski definition) is 5. The molecule has 0 aliphatic rings. The number of nitrogens with one attached hydrogen (secondary N) is 2. The monoisotopic (exact) mass is 416 g/mol. The van der Waals surface area contributed by atoms with Crippen LogP contribution in [0.15, 0.2) is 30.3 Å². The van der Waals surface area contributed by atoms with Gasteiger partial charge in [0.15, 0.2) is 5.82 Å². The fraction of sp³-hybridized carbons (Fsp3) is 0.421. The molecule has 1 unspecified atom stereocenters. The maximum atomic E-state index is 12.2. The van der Waals surface area contributed by atoms with Crippen molar-refractivity contribution in [2.75, 3.05) is 38.0 Å². The number of anilines is 1. The molecular formula is C19H28N8O3. The third-order valence-corrected chi connectivity index (χ3v) is 4.34. The molecule has 1 atom stereocenters. The zero-order chi connectivity index (χ0) is 21.9. The Balaban J connectivity index is 1.76. The molecule has 3 amide bonds. The summed E-state index contributed by atoms with van der Waals surface area (Å²) in [4.78, 5) is 37.9. The summed E-state index contributed by atoms with van der Waals surface area (Å²) in [7, 11) is 0. The second kappa shape index (κ2) is 11.8. The minimum absolute atomic E-state index is 0.0907. The molecule has 2 rings (SSSR count). The lowest BCUT2D eigenvalue weighted by molar-refractivity contribution is -0.131. The summed E-state index contributed by atoms with van der Waals surface area (Å²) in [6.45, 7) is 1.18. The Morgan fingerprint density at radius 3 is 2.47 bits per heavy atom. The number of fused-ring (bicyclic) bond motifs is 1. The van der Waals surface area contributed by atoms with Crippen LogP contribution in [-0.4, -0.2) is 71.6 Å². The Hall–Kier alpha value is -3.15. The average Bonchev–Trinajstić information content (AvgIpc) is 2.75. The molecule has 0 aliphatic carbocycles. The molecule has 0 saturated heterocycles. The highest BCUT2D eigenvalue weighted by Gasteiger charge is 2.18. The zero-order valence-electron chi connectivity index (χ0n) is 16.7. The molecule has 11 nitrogen and oxygen atoms in total. The van der Waals surface area contributed by atoms with E-state index in [-0.39, 0.29) is 31.1 Å². The Morgan fingerprint density at radius 2 is 1.77 bits per heavy atom. The second-order valence-electron chi connectivity index (χ2n) is 6.66. The third kappa shape index (κ3) is 7.03. The first kappa shape index (κ1) is 23.1. The molecule has 1 aromatic carbocycles. The largest absolute Gasteiger partial charge is 0.346 e. The van der Waals surface area contributed by atoms with Gasteiger partial charge in [-0.15, -0.1) is 10.2 Å². The van der Waals surface area contributed by atoms with Crippen molar-refractivity contribution in [3.05, 3.63) is 30.3 Å². The standard InChI is InChI=1S/C19H28N8O3/c20-7-9-27(10-8-21)18(29)6-5-14(22)19(30)23-12-17(28)24-16-11-13-3-1-2-4-15(13)25-26-16/h1-4,11,14H,5-10,12,20-22H2,(H,23,30)(H,24,26,28). The molecule has 0 spiro atoms. The van der Waals surface area contributed by atoms with E-state index in [2.05, 4.69) is 20.8 Å². The topological polar surface area (TPSA) is 182 Å². The maximum Gasteiger partial charge on any atom is 0.244 e. The SMILES string of the molecule is NCCN(CCN)C(=O)CCC(N)C(=O)NCC(=O)Nc1cc2ccccc2nn1. The van der Waals surface area contributed by atoms with Gasteiger partial charge in [0.2, 0.25) is 17.7 Å². The lowest BCUT2D eigenvalue weighted by atomic mass is 10.1. The van der Waals surface area contributed by atoms with Crippen LogP contribution in [0.1, 0.15) is 12.8 Å². The van der Waals surface area contributed by atoms with E-state index in [1.54, 1.807) is 11.0 Å². The van der Waals surface area contributed by atoms with E-state index in [9.17, 15) is 14.4 Å². The van der Waals surface area contributed by atoms with Crippen molar-refractivity contribution in [3.63, 3.8) is 0 Å². The van der Waals surface area contributed by atoms with Crippen LogP contribution < -0.4 is 27.8 Å². The van der Waals surface area contributed by atoms with Gasteiger partial charge >= 0.3 is 0 Å². The second-order valence-corrected chi connectivity index (χ2v) is 6.66. The highest BCUT2D eigenvalue weighted by atomic mass is 16.2. The van der Waals surface area contributed by atoms with Crippen molar-refractivity contribution in [2.24, 2.45) is 17.2 Å². The summed E-state index contributed by atoms with van der Waals surface area (Å²) < 4.78 is 0. The fourth-order valence-corrected chi connectivity index (χ4v) is 2.77. The first-order valence-electron chi connectivity index (χ1n) is 9.68. The predicted octanol–water partition coefficient (Wildman–Crippen LogP) is -1.46. The van der Waals surface area contributed by atoms with Crippen LogP contribution in [0.5, 0.6) is 0 Å². The van der Waals surface area contributed by atoms with E-state index < -0.39 is 17.9 Å². The number of nitrogens with two attached hydrogens (primary N) is 3. The van der Waals surface area contributed by atoms with E-state index in [1.165, 1.54) is 0 Å². The number of hydrogen-bond acceptors (Lipinski definition) is 8. The van der Waals surface area contributed by atoms with Gasteiger partial charge in [0.1, 0.15) is 0 Å². The number of carbonyl (C=O) groups is 3. The number of aromatic nitrogens is 2. The Labute approximate surface area is 174 Å². The molecule has 11 heteroatoms. The fourth-order valence-electron chi connectivity index (χ4n) is 2.77. The summed E-state index contributed by atoms with van der Waals surface area (Å²) in [5, 5.41) is 13.8. The molecule has 2 aromatic rings. The molecule has 30 heavy (non-hydrogen) atoms. The first-order chi connectivity index (χ1) is 14.4. The lowest BCUT2D eigenvalue weighted by Crippen LogP contribution is -2.45. The van der Waals surface area contributed by atoms with Crippen molar-refractivity contribution in [2.45, 2.75) is 18.9 Å². The summed E-state index contributed by atoms with van der Waals surface area (Å²) in [5.41, 5.74) is 17.5. The predicted molar refractivity (Wildman–Crippen MR) is 113 cm³/mol. The highest BCUT2D eigenvalue weighted by Crippen LogP contribution is 2.13. The van der Waals surface area contributed by atoms with E-state index in [0.29, 0.717) is 31.7 Å². The average molecular weight is 416 g/mol. The Bertz CT molecular complexity index is 870. The highest BCUT2D eigenvalue weighted by molar-refractivity contribution is 5.95. The van der Waals surface area contributed by atoms with Crippen molar-refractivity contribution >= 4 is 34.4 Å². The van der Waals surface area contributed by atoms with Gasteiger partial charge in [-0.25, -0.2) is 0 Å². The molecule has 0 aliphatic heterocycles. The molecule has 0 radical (unpaired) electrons. The maximum absolute atomic E-state index is 12.2. The normalized spacial score (nSPS) is 11.7. The van der Waals surface area contributed by atoms with Crippen LogP contribution in [0.3, 0.4) is 0 Å². The Morgan fingerprint density at radius 1 is 1.07 bits per heavy atom. The van der Waals surface area contributed by atoms with Crippen LogP contribution in [0.2, 0.25) is 0 Å². The summed E-state index contributed by atoms with van der Waals surface area (Å²) >= 11 is 0. The molecule has 1 aromatic heterocycles. The quantitative estimate of drug-likeness (QED) is 0.294. The van der Waals surface area contributed by atoms with Crippen molar-refractivity contribution in [3.8, 4) is 0 Å². The van der Waals surface area contributed by atoms with Gasteiger partial charge in [0.05, 0.1) is 18.1 Å². The van der Waals surface area contributed by atoms with Gasteiger partial charge in [0.25, 0.3) is 0 Å². The first-order valence-corrected chi connectivity index (χ1v) is 9.68. The third-order valence-electron chi connectivity index (χ3n) is 4.34. The van der Waals surface area contributed by atoms with Gasteiger partial charge in [-0.2, -0.15) is 0 Å². The molecule has 0 saturated carbocycles. The van der Waals surface area contributed by atoms with Crippen molar-refractivity contribution < 1.29 is 14.4 Å². The van der Waals surface area contributed by atoms with Gasteiger partial charge in [-0.3, -0.25) is 14.4 Å². The summed E-state index contributed by atoms with van der Waals surface area (Å²) in [6, 6.07) is 8.13. The molecule has 0 bridgehead atoms. The van der Waals surface area contributed by atoms with Crippen molar-refractivity contribution in [1.29, 1.82) is 0 Å². The van der Waals surface area contributed by atoms with Gasteiger partial charge < -0.3 is 32.7 Å². The molecule has 1 heterocycles. The molecule has 0 fully saturated rings. The molecular weight excluding hydrogens is 388 g/mol. The van der Waals surface area contributed by atoms with E-state index in [0.717, 1.165) is 5.39 Å². The molecule has 162 valence electrons. The van der Waals surface area contributed by atoms with E-state index in [4.69, 9.17) is 17.2 Å². The Kier molecular flexibility index (Phi) is 9.06. The van der Waals surface area contributed by atoms with Crippen LogP contribution in [0.25, 0.3) is 10.9 Å².